The number of methoxy groups -OCH3 is 1. The lowest BCUT2D eigenvalue weighted by molar-refractivity contribution is -0.113. The maximum absolute atomic E-state index is 12.3. The summed E-state index contributed by atoms with van der Waals surface area (Å²) in [4.78, 5) is 23.4. The molecule has 1 amide bonds. The third kappa shape index (κ3) is 5.02. The first-order chi connectivity index (χ1) is 12.7. The van der Waals surface area contributed by atoms with Crippen molar-refractivity contribution in [3.63, 3.8) is 0 Å². The Balaban J connectivity index is 1.58. The molecule has 1 saturated heterocycles. The van der Waals surface area contributed by atoms with Crippen molar-refractivity contribution < 1.29 is 9.53 Å². The van der Waals surface area contributed by atoms with Gasteiger partial charge in [0, 0.05) is 24.3 Å². The fraction of sp³-hybridized carbons (Fsp3) is 0.389. The third-order valence-electron chi connectivity index (χ3n) is 4.07. The zero-order chi connectivity index (χ0) is 18.4. The lowest BCUT2D eigenvalue weighted by Crippen LogP contribution is -2.30. The Bertz CT molecular complexity index is 769. The largest absolute Gasteiger partial charge is 0.495 e. The van der Waals surface area contributed by atoms with E-state index in [-0.39, 0.29) is 11.7 Å². The second kappa shape index (κ2) is 9.09. The number of amides is 1. The summed E-state index contributed by atoms with van der Waals surface area (Å²) >= 11 is 7.29. The molecule has 0 saturated carbocycles. The number of piperidine rings is 1. The highest BCUT2D eigenvalue weighted by molar-refractivity contribution is 7.99. The number of carbonyl (C=O) groups is 1. The first kappa shape index (κ1) is 18.8. The molecule has 6 nitrogen and oxygen atoms in total. The number of rotatable bonds is 6. The molecule has 8 heteroatoms. The minimum atomic E-state index is -0.164. The number of hydrogen-bond donors (Lipinski definition) is 1. The maximum atomic E-state index is 12.3. The topological polar surface area (TPSA) is 67.3 Å². The molecule has 1 aromatic carbocycles. The summed E-state index contributed by atoms with van der Waals surface area (Å²) in [6.07, 6.45) is 5.40. The van der Waals surface area contributed by atoms with Crippen LogP contribution in [0.25, 0.3) is 0 Å². The van der Waals surface area contributed by atoms with Crippen LogP contribution in [0.2, 0.25) is 5.02 Å². The predicted molar refractivity (Wildman–Crippen MR) is 105 cm³/mol. The molecule has 1 fully saturated rings. The van der Waals surface area contributed by atoms with E-state index in [0.29, 0.717) is 21.6 Å². The number of anilines is 2. The maximum Gasteiger partial charge on any atom is 0.234 e. The lowest BCUT2D eigenvalue weighted by atomic mass is 10.1. The molecule has 0 radical (unpaired) electrons. The van der Waals surface area contributed by atoms with Crippen LogP contribution in [0.15, 0.2) is 35.6 Å². The van der Waals surface area contributed by atoms with Crippen molar-refractivity contribution in [3.8, 4) is 5.75 Å². The minimum absolute atomic E-state index is 0.164. The van der Waals surface area contributed by atoms with Crippen molar-refractivity contribution >= 4 is 40.8 Å². The van der Waals surface area contributed by atoms with Crippen LogP contribution in [0, 0.1) is 0 Å². The Labute approximate surface area is 162 Å². The van der Waals surface area contributed by atoms with Crippen LogP contribution in [0.3, 0.4) is 0 Å². The lowest BCUT2D eigenvalue weighted by Gasteiger charge is -2.27. The number of thioether (sulfide) groups is 1. The van der Waals surface area contributed by atoms with Crippen LogP contribution in [0.5, 0.6) is 5.75 Å². The van der Waals surface area contributed by atoms with Crippen molar-refractivity contribution in [2.75, 3.05) is 36.2 Å². The summed E-state index contributed by atoms with van der Waals surface area (Å²) in [5, 5.41) is 3.95. The van der Waals surface area contributed by atoms with Gasteiger partial charge in [0.05, 0.1) is 18.6 Å². The predicted octanol–water partition coefficient (Wildman–Crippen LogP) is 3.86. The Kier molecular flexibility index (Phi) is 6.57. The highest BCUT2D eigenvalue weighted by Gasteiger charge is 2.14. The van der Waals surface area contributed by atoms with E-state index < -0.39 is 0 Å². The van der Waals surface area contributed by atoms with Crippen LogP contribution in [0.1, 0.15) is 19.3 Å². The number of nitrogens with one attached hydrogen (secondary N) is 1. The molecule has 1 aliphatic heterocycles. The molecule has 1 N–H and O–H groups in total. The average molecular weight is 393 g/mol. The van der Waals surface area contributed by atoms with Gasteiger partial charge >= 0.3 is 0 Å². The van der Waals surface area contributed by atoms with E-state index in [9.17, 15) is 4.79 Å². The Morgan fingerprint density at radius 3 is 2.88 bits per heavy atom. The van der Waals surface area contributed by atoms with Crippen LogP contribution in [-0.4, -0.2) is 41.8 Å². The molecule has 0 aliphatic carbocycles. The highest BCUT2D eigenvalue weighted by Crippen LogP contribution is 2.28. The van der Waals surface area contributed by atoms with Gasteiger partial charge in [0.25, 0.3) is 0 Å². The third-order valence-corrected chi connectivity index (χ3v) is 5.16. The molecular weight excluding hydrogens is 372 g/mol. The molecule has 0 atom stereocenters. The van der Waals surface area contributed by atoms with Crippen LogP contribution < -0.4 is 15.0 Å². The van der Waals surface area contributed by atoms with Gasteiger partial charge in [-0.1, -0.05) is 23.4 Å². The van der Waals surface area contributed by atoms with Crippen molar-refractivity contribution in [1.82, 2.24) is 9.97 Å². The molecule has 2 aromatic rings. The highest BCUT2D eigenvalue weighted by atomic mass is 35.5. The Morgan fingerprint density at radius 1 is 1.31 bits per heavy atom. The Hall–Kier alpha value is -1.99. The molecule has 26 heavy (non-hydrogen) atoms. The van der Waals surface area contributed by atoms with E-state index in [2.05, 4.69) is 20.2 Å². The van der Waals surface area contributed by atoms with Crippen molar-refractivity contribution in [2.45, 2.75) is 24.4 Å². The number of carbonyl (C=O) groups excluding carboxylic acids is 1. The standard InChI is InChI=1S/C18H21ClN4O2S/c1-25-15-6-5-13(19)11-14(15)21-17(24)12-26-18-20-8-7-16(22-18)23-9-3-2-4-10-23/h5-8,11H,2-4,9-10,12H2,1H3,(H,21,24). The summed E-state index contributed by atoms with van der Waals surface area (Å²) in [7, 11) is 1.55. The molecule has 3 rings (SSSR count). The molecular formula is C18H21ClN4O2S. The number of benzene rings is 1. The fourth-order valence-corrected chi connectivity index (χ4v) is 3.59. The second-order valence-electron chi connectivity index (χ2n) is 5.93. The zero-order valence-electron chi connectivity index (χ0n) is 14.6. The zero-order valence-corrected chi connectivity index (χ0v) is 16.1. The smallest absolute Gasteiger partial charge is 0.234 e. The van der Waals surface area contributed by atoms with Gasteiger partial charge in [-0.2, -0.15) is 0 Å². The second-order valence-corrected chi connectivity index (χ2v) is 7.31. The summed E-state index contributed by atoms with van der Waals surface area (Å²) < 4.78 is 5.24. The molecule has 1 aliphatic rings. The molecule has 2 heterocycles. The van der Waals surface area contributed by atoms with E-state index in [1.165, 1.54) is 31.0 Å². The van der Waals surface area contributed by atoms with Crippen molar-refractivity contribution in [2.24, 2.45) is 0 Å². The van der Waals surface area contributed by atoms with Gasteiger partial charge in [0.2, 0.25) is 5.91 Å². The van der Waals surface area contributed by atoms with Gasteiger partial charge in [-0.25, -0.2) is 9.97 Å². The summed E-state index contributed by atoms with van der Waals surface area (Å²) in [5.41, 5.74) is 0.550. The number of hydrogen-bond acceptors (Lipinski definition) is 6. The fourth-order valence-electron chi connectivity index (χ4n) is 2.79. The molecule has 1 aromatic heterocycles. The number of halogens is 1. The first-order valence-electron chi connectivity index (χ1n) is 8.50. The van der Waals surface area contributed by atoms with E-state index >= 15 is 0 Å². The number of ether oxygens (including phenoxy) is 1. The van der Waals surface area contributed by atoms with E-state index in [1.54, 1.807) is 31.5 Å². The first-order valence-corrected chi connectivity index (χ1v) is 9.86. The van der Waals surface area contributed by atoms with Gasteiger partial charge in [0.1, 0.15) is 11.6 Å². The van der Waals surface area contributed by atoms with Crippen LogP contribution in [0.4, 0.5) is 11.5 Å². The van der Waals surface area contributed by atoms with Gasteiger partial charge in [-0.3, -0.25) is 4.79 Å². The normalized spacial score (nSPS) is 14.2. The number of nitrogens with zero attached hydrogens (tertiary/aromatic N) is 3. The van der Waals surface area contributed by atoms with Gasteiger partial charge in [-0.05, 0) is 43.5 Å². The minimum Gasteiger partial charge on any atom is -0.495 e. The average Bonchev–Trinajstić information content (AvgIpc) is 2.67. The molecule has 0 spiro atoms. The van der Waals surface area contributed by atoms with E-state index in [0.717, 1.165) is 18.9 Å². The van der Waals surface area contributed by atoms with Crippen molar-refractivity contribution in [1.29, 1.82) is 0 Å². The monoisotopic (exact) mass is 392 g/mol. The van der Waals surface area contributed by atoms with E-state index in [4.69, 9.17) is 16.3 Å². The summed E-state index contributed by atoms with van der Waals surface area (Å²) in [6, 6.07) is 7.02. The van der Waals surface area contributed by atoms with E-state index in [1.807, 2.05) is 6.07 Å². The Morgan fingerprint density at radius 2 is 2.12 bits per heavy atom. The quantitative estimate of drug-likeness (QED) is 0.594. The molecule has 138 valence electrons. The SMILES string of the molecule is COc1ccc(Cl)cc1NC(=O)CSc1nccc(N2CCCCC2)n1. The van der Waals surface area contributed by atoms with Gasteiger partial charge < -0.3 is 15.0 Å². The van der Waals surface area contributed by atoms with Crippen molar-refractivity contribution in [3.05, 3.63) is 35.5 Å². The van der Waals surface area contributed by atoms with Gasteiger partial charge in [0.15, 0.2) is 5.16 Å². The number of aromatic nitrogens is 2. The molecule has 0 unspecified atom stereocenters. The van der Waals surface area contributed by atoms with Crippen LogP contribution in [-0.2, 0) is 4.79 Å². The summed E-state index contributed by atoms with van der Waals surface area (Å²) in [6.45, 7) is 2.05. The summed E-state index contributed by atoms with van der Waals surface area (Å²) in [5.74, 6) is 1.54. The molecule has 0 bridgehead atoms. The van der Waals surface area contributed by atoms with Gasteiger partial charge in [-0.15, -0.1) is 0 Å². The van der Waals surface area contributed by atoms with Crippen LogP contribution >= 0.6 is 23.4 Å².